The normalized spacial score (nSPS) is 19.9. The lowest BCUT2D eigenvalue weighted by molar-refractivity contribution is -0.123. The van der Waals surface area contributed by atoms with Gasteiger partial charge >= 0.3 is 5.76 Å². The zero-order chi connectivity index (χ0) is 19.7. The molecule has 3 aromatic rings. The van der Waals surface area contributed by atoms with Crippen LogP contribution in [0.4, 0.5) is 0 Å². The standard InChI is InChI=1S/C21H23N3O4/c1-13-5-6-18-17(10-13)24(21(27)28-18)9-7-19(26)23-20(14-11-15(25)12-14)16-4-2-3-8-22-16/h2-6,8,10,14-15,20,25H,7,9,11-12H2,1H3,(H,23,26)/t14?,15?,20-/m1/s1. The Hall–Kier alpha value is -2.93. The number of oxazole rings is 1. The van der Waals surface area contributed by atoms with E-state index in [9.17, 15) is 14.7 Å². The second kappa shape index (κ2) is 7.59. The van der Waals surface area contributed by atoms with Gasteiger partial charge < -0.3 is 14.8 Å². The number of fused-ring (bicyclic) bond motifs is 1. The number of carbonyl (C=O) groups excluding carboxylic acids is 1. The quantitative estimate of drug-likeness (QED) is 0.683. The highest BCUT2D eigenvalue weighted by molar-refractivity contribution is 5.77. The van der Waals surface area contributed by atoms with Crippen molar-refractivity contribution in [3.63, 3.8) is 0 Å². The van der Waals surface area contributed by atoms with Gasteiger partial charge in [0.2, 0.25) is 5.91 Å². The van der Waals surface area contributed by atoms with Gasteiger partial charge in [-0.25, -0.2) is 4.79 Å². The molecule has 146 valence electrons. The zero-order valence-corrected chi connectivity index (χ0v) is 15.7. The number of benzene rings is 1. The smallest absolute Gasteiger partial charge is 0.408 e. The second-order valence-corrected chi connectivity index (χ2v) is 7.43. The fourth-order valence-corrected chi connectivity index (χ4v) is 3.74. The van der Waals surface area contributed by atoms with Gasteiger partial charge in [-0.05, 0) is 55.5 Å². The summed E-state index contributed by atoms with van der Waals surface area (Å²) in [6.45, 7) is 2.18. The average Bonchev–Trinajstić information content (AvgIpc) is 2.97. The number of nitrogens with one attached hydrogen (secondary N) is 1. The number of aryl methyl sites for hydroxylation is 2. The molecule has 2 aromatic heterocycles. The van der Waals surface area contributed by atoms with E-state index in [2.05, 4.69) is 10.3 Å². The van der Waals surface area contributed by atoms with E-state index in [1.54, 1.807) is 12.3 Å². The number of rotatable bonds is 6. The van der Waals surface area contributed by atoms with Crippen molar-refractivity contribution in [3.8, 4) is 0 Å². The molecule has 0 spiro atoms. The van der Waals surface area contributed by atoms with E-state index in [-0.39, 0.29) is 36.9 Å². The van der Waals surface area contributed by atoms with Crippen LogP contribution in [0.15, 0.2) is 51.8 Å². The first-order valence-electron chi connectivity index (χ1n) is 9.49. The monoisotopic (exact) mass is 381 g/mol. The largest absolute Gasteiger partial charge is 0.419 e. The van der Waals surface area contributed by atoms with Crippen LogP contribution in [0.3, 0.4) is 0 Å². The minimum Gasteiger partial charge on any atom is -0.408 e. The molecular weight excluding hydrogens is 358 g/mol. The highest BCUT2D eigenvalue weighted by atomic mass is 16.4. The molecule has 1 amide bonds. The number of hydrogen-bond acceptors (Lipinski definition) is 5. The van der Waals surface area contributed by atoms with Gasteiger partial charge in [0.1, 0.15) is 0 Å². The minimum absolute atomic E-state index is 0.154. The number of aromatic nitrogens is 2. The summed E-state index contributed by atoms with van der Waals surface area (Å²) in [5, 5.41) is 12.7. The number of amides is 1. The number of aliphatic hydroxyl groups is 1. The maximum atomic E-state index is 12.6. The van der Waals surface area contributed by atoms with Crippen molar-refractivity contribution in [1.82, 2.24) is 14.9 Å². The van der Waals surface area contributed by atoms with Gasteiger partial charge in [-0.1, -0.05) is 12.1 Å². The predicted molar refractivity (Wildman–Crippen MR) is 104 cm³/mol. The number of hydrogen-bond donors (Lipinski definition) is 2. The van der Waals surface area contributed by atoms with Crippen LogP contribution in [0.5, 0.6) is 0 Å². The summed E-state index contributed by atoms with van der Waals surface area (Å²) in [6, 6.07) is 10.9. The Morgan fingerprint density at radius 2 is 2.18 bits per heavy atom. The Morgan fingerprint density at radius 1 is 1.36 bits per heavy atom. The van der Waals surface area contributed by atoms with E-state index >= 15 is 0 Å². The first kappa shape index (κ1) is 18.4. The molecule has 28 heavy (non-hydrogen) atoms. The van der Waals surface area contributed by atoms with Crippen molar-refractivity contribution < 1.29 is 14.3 Å². The SMILES string of the molecule is Cc1ccc2oc(=O)n(CCC(=O)N[C@@H](c3ccccn3)C3CC(O)C3)c2c1. The molecule has 7 nitrogen and oxygen atoms in total. The lowest BCUT2D eigenvalue weighted by Gasteiger charge is -2.37. The first-order valence-corrected chi connectivity index (χ1v) is 9.49. The summed E-state index contributed by atoms with van der Waals surface area (Å²) in [6.07, 6.45) is 2.83. The fourth-order valence-electron chi connectivity index (χ4n) is 3.74. The van der Waals surface area contributed by atoms with Crippen molar-refractivity contribution in [2.75, 3.05) is 0 Å². The molecule has 7 heteroatoms. The molecule has 0 saturated heterocycles. The second-order valence-electron chi connectivity index (χ2n) is 7.43. The highest BCUT2D eigenvalue weighted by Crippen LogP contribution is 2.37. The van der Waals surface area contributed by atoms with E-state index in [0.29, 0.717) is 23.9 Å². The summed E-state index contributed by atoms with van der Waals surface area (Å²) < 4.78 is 6.74. The van der Waals surface area contributed by atoms with E-state index in [4.69, 9.17) is 4.42 Å². The molecule has 1 atom stereocenters. The summed E-state index contributed by atoms with van der Waals surface area (Å²) >= 11 is 0. The van der Waals surface area contributed by atoms with Crippen LogP contribution >= 0.6 is 0 Å². The van der Waals surface area contributed by atoms with Gasteiger partial charge in [0.05, 0.1) is 23.4 Å². The van der Waals surface area contributed by atoms with E-state index in [1.165, 1.54) is 4.57 Å². The zero-order valence-electron chi connectivity index (χ0n) is 15.7. The maximum Gasteiger partial charge on any atom is 0.419 e. The number of nitrogens with zero attached hydrogens (tertiary/aromatic N) is 2. The fraction of sp³-hybridized carbons (Fsp3) is 0.381. The third kappa shape index (κ3) is 3.71. The van der Waals surface area contributed by atoms with Gasteiger partial charge in [0.25, 0.3) is 0 Å². The van der Waals surface area contributed by atoms with Crippen LogP contribution in [0, 0.1) is 12.8 Å². The molecular formula is C21H23N3O4. The van der Waals surface area contributed by atoms with E-state index in [1.807, 2.05) is 37.3 Å². The molecule has 0 aliphatic heterocycles. The third-order valence-electron chi connectivity index (χ3n) is 5.33. The lowest BCUT2D eigenvalue weighted by Crippen LogP contribution is -2.42. The van der Waals surface area contributed by atoms with Crippen molar-refractivity contribution >= 4 is 17.0 Å². The van der Waals surface area contributed by atoms with Crippen molar-refractivity contribution in [3.05, 3.63) is 64.4 Å². The van der Waals surface area contributed by atoms with Crippen LogP contribution in [0.2, 0.25) is 0 Å². The molecule has 2 N–H and O–H groups in total. The average molecular weight is 381 g/mol. The molecule has 4 rings (SSSR count). The Kier molecular flexibility index (Phi) is 5.00. The highest BCUT2D eigenvalue weighted by Gasteiger charge is 2.36. The molecule has 0 radical (unpaired) electrons. The first-order chi connectivity index (χ1) is 13.5. The Morgan fingerprint density at radius 3 is 2.89 bits per heavy atom. The molecule has 1 aromatic carbocycles. The van der Waals surface area contributed by atoms with Crippen LogP contribution < -0.4 is 11.1 Å². The van der Waals surface area contributed by atoms with Crippen LogP contribution in [0.25, 0.3) is 11.1 Å². The summed E-state index contributed by atoms with van der Waals surface area (Å²) in [5.41, 5.74) is 3.02. The summed E-state index contributed by atoms with van der Waals surface area (Å²) in [4.78, 5) is 29.1. The number of aliphatic hydroxyl groups excluding tert-OH is 1. The maximum absolute atomic E-state index is 12.6. The summed E-state index contributed by atoms with van der Waals surface area (Å²) in [5.74, 6) is -0.461. The molecule has 1 saturated carbocycles. The van der Waals surface area contributed by atoms with Gasteiger partial charge in [-0.3, -0.25) is 14.3 Å². The van der Waals surface area contributed by atoms with Gasteiger partial charge in [0.15, 0.2) is 5.58 Å². The predicted octanol–water partition coefficient (Wildman–Crippen LogP) is 2.32. The molecule has 1 aliphatic rings. The van der Waals surface area contributed by atoms with Crippen LogP contribution in [-0.4, -0.2) is 26.7 Å². The van der Waals surface area contributed by atoms with Crippen LogP contribution in [0.1, 0.15) is 36.6 Å². The Labute approximate surface area is 162 Å². The summed E-state index contributed by atoms with van der Waals surface area (Å²) in [7, 11) is 0. The van der Waals surface area contributed by atoms with E-state index in [0.717, 1.165) is 11.3 Å². The Balaban J connectivity index is 1.47. The number of pyridine rings is 1. The number of carbonyl (C=O) groups is 1. The van der Waals surface area contributed by atoms with Gasteiger partial charge in [0, 0.05) is 19.2 Å². The van der Waals surface area contributed by atoms with Gasteiger partial charge in [-0.2, -0.15) is 0 Å². The third-order valence-corrected chi connectivity index (χ3v) is 5.33. The molecule has 1 fully saturated rings. The molecule has 2 heterocycles. The van der Waals surface area contributed by atoms with Crippen LogP contribution in [-0.2, 0) is 11.3 Å². The lowest BCUT2D eigenvalue weighted by atomic mass is 9.76. The van der Waals surface area contributed by atoms with Crippen molar-refractivity contribution in [1.29, 1.82) is 0 Å². The Bertz CT molecular complexity index is 1030. The van der Waals surface area contributed by atoms with Gasteiger partial charge in [-0.15, -0.1) is 0 Å². The van der Waals surface area contributed by atoms with E-state index < -0.39 is 5.76 Å². The molecule has 0 bridgehead atoms. The molecule has 0 unspecified atom stereocenters. The van der Waals surface area contributed by atoms with Crippen molar-refractivity contribution in [2.45, 2.75) is 44.9 Å². The molecule has 1 aliphatic carbocycles. The van der Waals surface area contributed by atoms with Crippen molar-refractivity contribution in [2.24, 2.45) is 5.92 Å². The topological polar surface area (TPSA) is 97.4 Å². The minimum atomic E-state index is -0.461.